The summed E-state index contributed by atoms with van der Waals surface area (Å²) in [4.78, 5) is 25.8. The average molecular weight is 571 g/mol. The van der Waals surface area contributed by atoms with Crippen LogP contribution in [0.2, 0.25) is 0 Å². The Bertz CT molecular complexity index is 1510. The van der Waals surface area contributed by atoms with E-state index in [0.29, 0.717) is 29.3 Å². The second-order valence-corrected chi connectivity index (χ2v) is 11.1. The summed E-state index contributed by atoms with van der Waals surface area (Å²) < 4.78 is 38.6. The van der Waals surface area contributed by atoms with Crippen LogP contribution >= 0.6 is 7.75 Å². The molecule has 214 valence electrons. The van der Waals surface area contributed by atoms with Crippen LogP contribution in [-0.2, 0) is 36.5 Å². The summed E-state index contributed by atoms with van der Waals surface area (Å²) in [6.07, 6.45) is 0.463. The number of aromatic nitrogens is 4. The van der Waals surface area contributed by atoms with Crippen LogP contribution in [0.1, 0.15) is 40.4 Å². The number of hydrogen-bond acceptors (Lipinski definition) is 10. The summed E-state index contributed by atoms with van der Waals surface area (Å²) in [5, 5.41) is 3.55. The van der Waals surface area contributed by atoms with Gasteiger partial charge in [0.25, 0.3) is 0 Å². The normalized spacial score (nSPS) is 14.8. The minimum absolute atomic E-state index is 0.0740. The lowest BCUT2D eigenvalue weighted by Gasteiger charge is -2.26. The van der Waals surface area contributed by atoms with Crippen LogP contribution < -0.4 is 15.3 Å². The Morgan fingerprint density at radius 1 is 1.10 bits per heavy atom. The van der Waals surface area contributed by atoms with Crippen LogP contribution in [0.3, 0.4) is 0 Å². The molecule has 12 nitrogen and oxygen atoms in total. The number of pyridine rings is 2. The largest absolute Gasteiger partial charge is 0.462 e. The number of nitrogen functional groups attached to an aromatic ring is 1. The van der Waals surface area contributed by atoms with Gasteiger partial charge in [-0.25, -0.2) is 19.5 Å². The van der Waals surface area contributed by atoms with E-state index in [-0.39, 0.29) is 25.1 Å². The lowest BCUT2D eigenvalue weighted by molar-refractivity contribution is -0.149. The molecule has 3 atom stereocenters. The maximum Gasteiger partial charge on any atom is 0.461 e. The highest BCUT2D eigenvalue weighted by atomic mass is 31.2. The quantitative estimate of drug-likeness (QED) is 0.171. The van der Waals surface area contributed by atoms with Gasteiger partial charge in [-0.2, -0.15) is 5.09 Å². The van der Waals surface area contributed by atoms with Gasteiger partial charge in [-0.15, -0.1) is 0 Å². The number of nitrogens with zero attached hydrogens (tertiary/aromatic N) is 4. The molecule has 0 amide bonds. The number of fused-ring (bicyclic) bond motifs is 3. The van der Waals surface area contributed by atoms with E-state index in [0.717, 1.165) is 10.9 Å². The van der Waals surface area contributed by atoms with E-state index in [1.165, 1.54) is 13.1 Å². The van der Waals surface area contributed by atoms with Crippen molar-refractivity contribution < 1.29 is 27.9 Å². The lowest BCUT2D eigenvalue weighted by Crippen LogP contribution is -2.37. The average Bonchev–Trinajstić information content (AvgIpc) is 3.26. The molecule has 40 heavy (non-hydrogen) atoms. The Balaban J connectivity index is 1.68. The molecule has 3 N–H and O–H groups in total. The molecule has 0 fully saturated rings. The summed E-state index contributed by atoms with van der Waals surface area (Å²) in [5.41, 5.74) is 8.30. The Morgan fingerprint density at radius 2 is 1.85 bits per heavy atom. The molecule has 4 aromatic rings. The minimum atomic E-state index is -4.14. The molecule has 1 aromatic carbocycles. The number of para-hydroxylation sites is 1. The molecule has 0 aliphatic rings. The summed E-state index contributed by atoms with van der Waals surface area (Å²) in [7, 11) is -4.14. The predicted octanol–water partition coefficient (Wildman–Crippen LogP) is 4.62. The first-order chi connectivity index (χ1) is 19.1. The van der Waals surface area contributed by atoms with Gasteiger partial charge in [0.05, 0.1) is 29.8 Å². The highest BCUT2D eigenvalue weighted by molar-refractivity contribution is 7.52. The molecule has 4 rings (SSSR count). The maximum absolute atomic E-state index is 14.0. The highest BCUT2D eigenvalue weighted by Gasteiger charge is 2.35. The third-order valence-corrected chi connectivity index (χ3v) is 7.56. The van der Waals surface area contributed by atoms with Crippen LogP contribution in [0.25, 0.3) is 21.9 Å². The Labute approximate surface area is 232 Å². The van der Waals surface area contributed by atoms with Crippen molar-refractivity contribution in [2.45, 2.75) is 66.0 Å². The molecule has 13 heteroatoms. The zero-order valence-electron chi connectivity index (χ0n) is 23.2. The highest BCUT2D eigenvalue weighted by Crippen LogP contribution is 2.46. The van der Waals surface area contributed by atoms with Crippen molar-refractivity contribution in [3.8, 4) is 5.88 Å². The van der Waals surface area contributed by atoms with Gasteiger partial charge >= 0.3 is 13.7 Å². The molecule has 0 spiro atoms. The summed E-state index contributed by atoms with van der Waals surface area (Å²) in [5.74, 6) is 0.386. The molecule has 0 saturated carbocycles. The Morgan fingerprint density at radius 3 is 2.55 bits per heavy atom. The maximum atomic E-state index is 14.0. The summed E-state index contributed by atoms with van der Waals surface area (Å²) >= 11 is 0. The molecule has 3 heterocycles. The monoisotopic (exact) mass is 570 g/mol. The van der Waals surface area contributed by atoms with E-state index >= 15 is 0 Å². The molecule has 0 saturated heterocycles. The van der Waals surface area contributed by atoms with E-state index in [1.807, 2.05) is 35.8 Å². The number of rotatable bonds is 13. The first kappa shape index (κ1) is 29.4. The molecule has 0 aliphatic carbocycles. The molecule has 3 aromatic heterocycles. The van der Waals surface area contributed by atoms with Crippen LogP contribution in [0, 0.1) is 0 Å². The number of hydrogen-bond donors (Lipinski definition) is 2. The van der Waals surface area contributed by atoms with Gasteiger partial charge in [0, 0.05) is 24.3 Å². The molecule has 0 unspecified atom stereocenters. The van der Waals surface area contributed by atoms with Crippen LogP contribution in [0.15, 0.2) is 48.7 Å². The third-order valence-electron chi connectivity index (χ3n) is 5.79. The van der Waals surface area contributed by atoms with E-state index in [2.05, 4.69) is 15.1 Å². The van der Waals surface area contributed by atoms with Crippen molar-refractivity contribution in [2.75, 3.05) is 12.3 Å². The van der Waals surface area contributed by atoms with E-state index < -0.39 is 25.9 Å². The van der Waals surface area contributed by atoms with Gasteiger partial charge in [0.1, 0.15) is 24.0 Å². The first-order valence-electron chi connectivity index (χ1n) is 13.1. The molecule has 0 radical (unpaired) electrons. The van der Waals surface area contributed by atoms with Gasteiger partial charge in [-0.05, 0) is 46.8 Å². The van der Waals surface area contributed by atoms with Crippen LogP contribution in [-0.4, -0.2) is 50.3 Å². The Hall–Kier alpha value is -3.57. The number of anilines is 1. The van der Waals surface area contributed by atoms with Gasteiger partial charge in [0.15, 0.2) is 5.82 Å². The second-order valence-electron chi connectivity index (χ2n) is 9.50. The number of benzene rings is 1. The number of nitrogens with two attached hydrogens (primary N) is 1. The number of esters is 1. The van der Waals surface area contributed by atoms with Crippen molar-refractivity contribution >= 4 is 41.5 Å². The number of nitrogens with one attached hydrogen (secondary N) is 1. The first-order valence-corrected chi connectivity index (χ1v) is 14.6. The van der Waals surface area contributed by atoms with E-state index in [1.54, 1.807) is 39.0 Å². The van der Waals surface area contributed by atoms with Crippen LogP contribution in [0.4, 0.5) is 5.82 Å². The number of ether oxygens (including phenoxy) is 2. The summed E-state index contributed by atoms with van der Waals surface area (Å²) in [6.45, 7) is 9.56. The molecule has 0 aliphatic heterocycles. The standard InChI is InChI=1S/C27H35N6O6P/c1-6-36-16-22-31-24-25(20-11-7-8-12-21(20)30-26(24)28)33(22)15-18(4)38-40(35,39-23-13-9-10-14-29-23)32-19(5)27(34)37-17(2)3/h7-14,17-19H,6,15-16H2,1-5H3,(H2,28,30)(H,32,35)/t18-,19-,40+/m0/s1. The zero-order chi connectivity index (χ0) is 28.9. The van der Waals surface area contributed by atoms with Crippen molar-refractivity contribution in [3.63, 3.8) is 0 Å². The number of imidazole rings is 1. The summed E-state index contributed by atoms with van der Waals surface area (Å²) in [6, 6.07) is 11.6. The van der Waals surface area contributed by atoms with Crippen molar-refractivity contribution in [3.05, 3.63) is 54.5 Å². The number of carbonyl (C=O) groups excluding carboxylic acids is 1. The topological polar surface area (TPSA) is 153 Å². The zero-order valence-corrected chi connectivity index (χ0v) is 24.1. The smallest absolute Gasteiger partial charge is 0.461 e. The van der Waals surface area contributed by atoms with Gasteiger partial charge in [-0.1, -0.05) is 24.3 Å². The number of carbonyl (C=O) groups is 1. The predicted molar refractivity (Wildman–Crippen MR) is 152 cm³/mol. The second kappa shape index (κ2) is 12.7. The SMILES string of the molecule is CCOCc1nc2c(N)nc3ccccc3c2n1C[C@H](C)O[P@](=O)(N[C@@H](C)C(=O)OC(C)C)Oc1ccccn1. The van der Waals surface area contributed by atoms with E-state index in [9.17, 15) is 9.36 Å². The van der Waals surface area contributed by atoms with Crippen molar-refractivity contribution in [1.29, 1.82) is 0 Å². The van der Waals surface area contributed by atoms with Crippen molar-refractivity contribution in [1.82, 2.24) is 24.6 Å². The minimum Gasteiger partial charge on any atom is -0.462 e. The molecular formula is C27H35N6O6P. The van der Waals surface area contributed by atoms with Crippen LogP contribution in [0.5, 0.6) is 5.88 Å². The van der Waals surface area contributed by atoms with Gasteiger partial charge < -0.3 is 24.3 Å². The molecular weight excluding hydrogens is 535 g/mol. The molecule has 0 bridgehead atoms. The van der Waals surface area contributed by atoms with Crippen molar-refractivity contribution in [2.24, 2.45) is 0 Å². The Kier molecular flexibility index (Phi) is 9.36. The fourth-order valence-electron chi connectivity index (χ4n) is 4.16. The fourth-order valence-corrected chi connectivity index (χ4v) is 5.79. The van der Waals surface area contributed by atoms with Gasteiger partial charge in [-0.3, -0.25) is 9.32 Å². The lowest BCUT2D eigenvalue weighted by atomic mass is 10.2. The third kappa shape index (κ3) is 6.95. The van der Waals surface area contributed by atoms with Gasteiger partial charge in [0.2, 0.25) is 5.88 Å². The fraction of sp³-hybridized carbons (Fsp3) is 0.407. The van der Waals surface area contributed by atoms with E-state index in [4.69, 9.17) is 29.2 Å².